The summed E-state index contributed by atoms with van der Waals surface area (Å²) < 4.78 is 7.37. The van der Waals surface area contributed by atoms with Crippen molar-refractivity contribution in [2.45, 2.75) is 26.3 Å². The second kappa shape index (κ2) is 8.49. The molecule has 27 heavy (non-hydrogen) atoms. The van der Waals surface area contributed by atoms with Crippen LogP contribution in [0.1, 0.15) is 31.0 Å². The highest BCUT2D eigenvalue weighted by molar-refractivity contribution is 5.78. The van der Waals surface area contributed by atoms with Gasteiger partial charge >= 0.3 is 0 Å². The molecule has 0 aliphatic rings. The van der Waals surface area contributed by atoms with Crippen molar-refractivity contribution < 1.29 is 9.53 Å². The number of hydrogen-bond acceptors (Lipinski definition) is 4. The molecular formula is C21H24N4O2. The quantitative estimate of drug-likeness (QED) is 0.644. The Bertz CT molecular complexity index is 875. The Labute approximate surface area is 159 Å². The molecule has 3 aromatic rings. The first-order valence-electron chi connectivity index (χ1n) is 9.01. The number of nitrogens with zero attached hydrogens (tertiary/aromatic N) is 4. The number of hydrogen-bond donors (Lipinski definition) is 0. The molecule has 0 aliphatic carbocycles. The maximum Gasteiger partial charge on any atom is 0.260 e. The lowest BCUT2D eigenvalue weighted by atomic mass is 10.1. The van der Waals surface area contributed by atoms with Gasteiger partial charge in [0, 0.05) is 7.05 Å². The summed E-state index contributed by atoms with van der Waals surface area (Å²) in [6.45, 7) is 4.11. The van der Waals surface area contributed by atoms with Crippen LogP contribution in [0.2, 0.25) is 0 Å². The van der Waals surface area contributed by atoms with E-state index in [1.54, 1.807) is 23.0 Å². The Kier molecular flexibility index (Phi) is 5.86. The third-order valence-electron chi connectivity index (χ3n) is 4.70. The highest BCUT2D eigenvalue weighted by Gasteiger charge is 2.18. The lowest BCUT2D eigenvalue weighted by molar-refractivity contribution is -0.134. The molecule has 6 heteroatoms. The van der Waals surface area contributed by atoms with Crippen LogP contribution in [0.15, 0.2) is 61.2 Å². The lowest BCUT2D eigenvalue weighted by Crippen LogP contribution is -2.33. The van der Waals surface area contributed by atoms with E-state index in [-0.39, 0.29) is 18.6 Å². The van der Waals surface area contributed by atoms with E-state index < -0.39 is 0 Å². The van der Waals surface area contributed by atoms with Crippen LogP contribution in [-0.2, 0) is 11.2 Å². The van der Waals surface area contributed by atoms with Crippen molar-refractivity contribution in [2.24, 2.45) is 0 Å². The second-order valence-corrected chi connectivity index (χ2v) is 6.40. The smallest absolute Gasteiger partial charge is 0.260 e. The third kappa shape index (κ3) is 4.53. The van der Waals surface area contributed by atoms with Crippen LogP contribution >= 0.6 is 0 Å². The van der Waals surface area contributed by atoms with Crippen LogP contribution in [0.5, 0.6) is 5.75 Å². The first kappa shape index (κ1) is 18.6. The van der Waals surface area contributed by atoms with Crippen LogP contribution < -0.4 is 4.74 Å². The predicted molar refractivity (Wildman–Crippen MR) is 104 cm³/mol. The van der Waals surface area contributed by atoms with Gasteiger partial charge in [-0.2, -0.15) is 5.10 Å². The summed E-state index contributed by atoms with van der Waals surface area (Å²) in [6.07, 6.45) is 4.09. The molecule has 1 heterocycles. The number of benzene rings is 2. The minimum Gasteiger partial charge on any atom is -0.484 e. The molecule has 0 saturated heterocycles. The number of rotatable bonds is 7. The van der Waals surface area contributed by atoms with Gasteiger partial charge < -0.3 is 9.64 Å². The molecule has 0 N–H and O–H groups in total. The van der Waals surface area contributed by atoms with Crippen LogP contribution in [0.4, 0.5) is 0 Å². The lowest BCUT2D eigenvalue weighted by Gasteiger charge is -2.25. The van der Waals surface area contributed by atoms with Crippen molar-refractivity contribution in [3.63, 3.8) is 0 Å². The molecule has 0 bridgehead atoms. The normalized spacial score (nSPS) is 11.8. The Balaban J connectivity index is 1.60. The molecule has 1 amide bonds. The number of carbonyl (C=O) groups excluding carboxylic acids is 1. The predicted octanol–water partition coefficient (Wildman–Crippen LogP) is 3.43. The first-order valence-corrected chi connectivity index (χ1v) is 9.01. The standard InChI is InChI=1S/C21H24N4O2/c1-4-17-6-5-7-20(12-17)27-13-21(26)24(3)16(2)18-8-10-19(11-9-18)25-15-22-14-23-25/h5-12,14-16H,4,13H2,1-3H3/t16-/m1/s1. The highest BCUT2D eigenvalue weighted by Crippen LogP contribution is 2.21. The van der Waals surface area contributed by atoms with E-state index in [0.29, 0.717) is 0 Å². The molecule has 1 atom stereocenters. The van der Waals surface area contributed by atoms with E-state index in [0.717, 1.165) is 23.4 Å². The Morgan fingerprint density at radius 3 is 2.67 bits per heavy atom. The van der Waals surface area contributed by atoms with Gasteiger partial charge in [-0.25, -0.2) is 9.67 Å². The van der Waals surface area contributed by atoms with Gasteiger partial charge in [0.25, 0.3) is 5.91 Å². The zero-order chi connectivity index (χ0) is 19.2. The second-order valence-electron chi connectivity index (χ2n) is 6.40. The van der Waals surface area contributed by atoms with Crippen molar-refractivity contribution in [1.29, 1.82) is 0 Å². The minimum atomic E-state index is -0.0650. The fourth-order valence-corrected chi connectivity index (χ4v) is 2.79. The summed E-state index contributed by atoms with van der Waals surface area (Å²) in [5.74, 6) is 0.658. The van der Waals surface area contributed by atoms with Gasteiger partial charge in [-0.1, -0.05) is 31.2 Å². The van der Waals surface area contributed by atoms with Gasteiger partial charge in [0.1, 0.15) is 18.4 Å². The van der Waals surface area contributed by atoms with E-state index in [2.05, 4.69) is 17.0 Å². The van der Waals surface area contributed by atoms with Gasteiger partial charge in [0.05, 0.1) is 11.7 Å². The van der Waals surface area contributed by atoms with E-state index in [1.807, 2.05) is 55.5 Å². The minimum absolute atomic E-state index is 0.0189. The average molecular weight is 364 g/mol. The molecule has 1 aromatic heterocycles. The van der Waals surface area contributed by atoms with Crippen LogP contribution in [0.3, 0.4) is 0 Å². The van der Waals surface area contributed by atoms with Gasteiger partial charge in [-0.3, -0.25) is 4.79 Å². The third-order valence-corrected chi connectivity index (χ3v) is 4.70. The molecule has 0 saturated carbocycles. The molecule has 2 aromatic carbocycles. The number of carbonyl (C=O) groups is 1. The zero-order valence-electron chi connectivity index (χ0n) is 15.9. The van der Waals surface area contributed by atoms with Crippen LogP contribution in [-0.4, -0.2) is 39.2 Å². The van der Waals surface area contributed by atoms with Crippen molar-refractivity contribution in [1.82, 2.24) is 19.7 Å². The number of aryl methyl sites for hydroxylation is 1. The summed E-state index contributed by atoms with van der Waals surface area (Å²) in [4.78, 5) is 18.2. The molecule has 0 aliphatic heterocycles. The molecule has 0 radical (unpaired) electrons. The number of ether oxygens (including phenoxy) is 1. The van der Waals surface area contributed by atoms with Gasteiger partial charge in [0.2, 0.25) is 0 Å². The summed E-state index contributed by atoms with van der Waals surface area (Å²) >= 11 is 0. The summed E-state index contributed by atoms with van der Waals surface area (Å²) in [5, 5.41) is 4.11. The Morgan fingerprint density at radius 1 is 1.22 bits per heavy atom. The maximum absolute atomic E-state index is 12.5. The van der Waals surface area contributed by atoms with Crippen molar-refractivity contribution in [3.8, 4) is 11.4 Å². The number of likely N-dealkylation sites (N-methyl/N-ethyl adjacent to an activating group) is 1. The fraction of sp³-hybridized carbons (Fsp3) is 0.286. The van der Waals surface area contributed by atoms with E-state index >= 15 is 0 Å². The van der Waals surface area contributed by atoms with E-state index in [1.165, 1.54) is 11.9 Å². The van der Waals surface area contributed by atoms with E-state index in [9.17, 15) is 4.79 Å². The van der Waals surface area contributed by atoms with E-state index in [4.69, 9.17) is 4.74 Å². The molecule has 6 nitrogen and oxygen atoms in total. The SMILES string of the molecule is CCc1cccc(OCC(=O)N(C)[C@H](C)c2ccc(-n3cncn3)cc2)c1. The number of aromatic nitrogens is 3. The van der Waals surface area contributed by atoms with Crippen molar-refractivity contribution in [3.05, 3.63) is 72.3 Å². The first-order chi connectivity index (χ1) is 13.1. The van der Waals surface area contributed by atoms with Crippen LogP contribution in [0, 0.1) is 0 Å². The van der Waals surface area contributed by atoms with Gasteiger partial charge in [-0.05, 0) is 48.7 Å². The summed E-state index contributed by atoms with van der Waals surface area (Å²) in [7, 11) is 1.80. The van der Waals surface area contributed by atoms with Crippen molar-refractivity contribution in [2.75, 3.05) is 13.7 Å². The average Bonchev–Trinajstić information content (AvgIpc) is 3.26. The van der Waals surface area contributed by atoms with Gasteiger partial charge in [0.15, 0.2) is 6.61 Å². The topological polar surface area (TPSA) is 60.2 Å². The highest BCUT2D eigenvalue weighted by atomic mass is 16.5. The number of amides is 1. The molecule has 0 fully saturated rings. The monoisotopic (exact) mass is 364 g/mol. The maximum atomic E-state index is 12.5. The molecule has 3 rings (SSSR count). The molecular weight excluding hydrogens is 340 g/mol. The summed E-state index contributed by atoms with van der Waals surface area (Å²) in [5.41, 5.74) is 3.16. The van der Waals surface area contributed by atoms with Crippen LogP contribution in [0.25, 0.3) is 5.69 Å². The molecule has 0 spiro atoms. The van der Waals surface area contributed by atoms with Gasteiger partial charge in [-0.15, -0.1) is 0 Å². The molecule has 0 unspecified atom stereocenters. The molecule has 140 valence electrons. The zero-order valence-corrected chi connectivity index (χ0v) is 15.9. The largest absolute Gasteiger partial charge is 0.484 e. The summed E-state index contributed by atoms with van der Waals surface area (Å²) in [6, 6.07) is 15.7. The van der Waals surface area contributed by atoms with Crippen molar-refractivity contribution >= 4 is 5.91 Å². The fourth-order valence-electron chi connectivity index (χ4n) is 2.79. The Morgan fingerprint density at radius 2 is 2.00 bits per heavy atom. The Hall–Kier alpha value is -3.15.